The molecule has 0 saturated carbocycles. The summed E-state index contributed by atoms with van der Waals surface area (Å²) >= 11 is 0. The van der Waals surface area contributed by atoms with Crippen LogP contribution in [0.25, 0.3) is 0 Å². The molecule has 0 bridgehead atoms. The summed E-state index contributed by atoms with van der Waals surface area (Å²) in [4.78, 5) is 23.7. The predicted octanol–water partition coefficient (Wildman–Crippen LogP) is 5.54. The molecule has 0 aliphatic carbocycles. The molecule has 2 unspecified atom stereocenters. The van der Waals surface area contributed by atoms with Crippen molar-refractivity contribution in [2.45, 2.75) is 104 Å². The van der Waals surface area contributed by atoms with Gasteiger partial charge in [0.15, 0.2) is 0 Å². The average Bonchev–Trinajstić information content (AvgIpc) is 2.64. The van der Waals surface area contributed by atoms with E-state index in [0.29, 0.717) is 25.7 Å². The van der Waals surface area contributed by atoms with Crippen LogP contribution in [-0.4, -0.2) is 29.1 Å². The number of hydrogen-bond acceptors (Lipinski definition) is 4. The van der Waals surface area contributed by atoms with Crippen LogP contribution in [-0.2, 0) is 14.3 Å². The molecule has 0 aromatic carbocycles. The van der Waals surface area contributed by atoms with Gasteiger partial charge < -0.3 is 9.84 Å². The molecule has 0 rings (SSSR count). The molecule has 0 saturated heterocycles. The quantitative estimate of drug-likeness (QED) is 0.217. The van der Waals surface area contributed by atoms with Crippen molar-refractivity contribution in [3.63, 3.8) is 0 Å². The number of unbranched alkanes of at least 4 members (excludes halogenated alkanes) is 3. The van der Waals surface area contributed by atoms with Crippen molar-refractivity contribution in [2.75, 3.05) is 0 Å². The Morgan fingerprint density at radius 1 is 0.926 bits per heavy atom. The topological polar surface area (TPSA) is 63.6 Å². The molecule has 0 aliphatic heterocycles. The van der Waals surface area contributed by atoms with E-state index in [2.05, 4.69) is 6.92 Å². The van der Waals surface area contributed by atoms with Crippen LogP contribution < -0.4 is 0 Å². The number of allylic oxidation sites excluding steroid dienone is 1. The Labute approximate surface area is 166 Å². The van der Waals surface area contributed by atoms with E-state index in [9.17, 15) is 14.7 Å². The highest BCUT2D eigenvalue weighted by Gasteiger charge is 2.12. The number of rotatable bonds is 16. The second-order valence-electron chi connectivity index (χ2n) is 7.47. The lowest BCUT2D eigenvalue weighted by molar-refractivity contribution is -0.148. The summed E-state index contributed by atoms with van der Waals surface area (Å²) in [5.74, 6) is 0.0434. The van der Waals surface area contributed by atoms with Crippen molar-refractivity contribution in [3.05, 3.63) is 24.3 Å². The Kier molecular flexibility index (Phi) is 15.9. The van der Waals surface area contributed by atoms with Crippen molar-refractivity contribution in [1.82, 2.24) is 0 Å². The molecule has 0 aromatic rings. The fourth-order valence-electron chi connectivity index (χ4n) is 2.54. The predicted molar refractivity (Wildman–Crippen MR) is 112 cm³/mol. The van der Waals surface area contributed by atoms with Crippen molar-refractivity contribution >= 4 is 11.8 Å². The Balaban J connectivity index is 4.40. The van der Waals surface area contributed by atoms with Crippen LogP contribution in [0.2, 0.25) is 0 Å². The number of esters is 1. The second kappa shape index (κ2) is 16.7. The summed E-state index contributed by atoms with van der Waals surface area (Å²) in [5, 5.41) is 9.50. The van der Waals surface area contributed by atoms with Crippen molar-refractivity contribution in [1.29, 1.82) is 0 Å². The molecule has 0 fully saturated rings. The summed E-state index contributed by atoms with van der Waals surface area (Å²) in [7, 11) is 0. The van der Waals surface area contributed by atoms with Crippen LogP contribution in [0, 0.1) is 5.92 Å². The van der Waals surface area contributed by atoms with E-state index in [1.165, 1.54) is 12.8 Å². The lowest BCUT2D eigenvalue weighted by atomic mass is 10.0. The minimum atomic E-state index is -0.345. The van der Waals surface area contributed by atoms with Gasteiger partial charge in [-0.1, -0.05) is 71.3 Å². The van der Waals surface area contributed by atoms with Gasteiger partial charge in [-0.2, -0.15) is 0 Å². The van der Waals surface area contributed by atoms with Gasteiger partial charge in [0.1, 0.15) is 11.9 Å². The Bertz CT molecular complexity index is 451. The van der Waals surface area contributed by atoms with Gasteiger partial charge in [-0.3, -0.25) is 9.59 Å². The molecule has 156 valence electrons. The first-order valence-corrected chi connectivity index (χ1v) is 10.6. The summed E-state index contributed by atoms with van der Waals surface area (Å²) < 4.78 is 5.63. The number of aliphatic hydroxyl groups is 1. The van der Waals surface area contributed by atoms with Gasteiger partial charge in [0.2, 0.25) is 0 Å². The highest BCUT2D eigenvalue weighted by Crippen LogP contribution is 2.14. The van der Waals surface area contributed by atoms with Crippen molar-refractivity contribution < 1.29 is 19.4 Å². The first-order valence-electron chi connectivity index (χ1n) is 10.6. The largest absolute Gasteiger partial charge is 0.462 e. The Morgan fingerprint density at radius 2 is 1.59 bits per heavy atom. The minimum absolute atomic E-state index is 0.0512. The summed E-state index contributed by atoms with van der Waals surface area (Å²) in [5.41, 5.74) is 0. The normalized spacial score (nSPS) is 14.1. The lowest BCUT2D eigenvalue weighted by Crippen LogP contribution is -2.17. The van der Waals surface area contributed by atoms with E-state index >= 15 is 0 Å². The van der Waals surface area contributed by atoms with E-state index in [1.807, 2.05) is 39.0 Å². The molecular formula is C23H40O4. The smallest absolute Gasteiger partial charge is 0.309 e. The van der Waals surface area contributed by atoms with Crippen LogP contribution in [0.4, 0.5) is 0 Å². The molecule has 4 nitrogen and oxygen atoms in total. The van der Waals surface area contributed by atoms with Gasteiger partial charge in [-0.05, 0) is 25.7 Å². The third kappa shape index (κ3) is 15.3. The van der Waals surface area contributed by atoms with E-state index in [-0.39, 0.29) is 36.3 Å². The SMILES string of the molecule is CCCCCCC(C/C=C/CC(=O)C(C)C)OC(=O)C/C=C/CC(O)CC. The van der Waals surface area contributed by atoms with Crippen LogP contribution >= 0.6 is 0 Å². The maximum atomic E-state index is 12.1. The molecule has 0 spiro atoms. The summed E-state index contributed by atoms with van der Waals surface area (Å²) in [6, 6.07) is 0. The molecule has 2 atom stereocenters. The van der Waals surface area contributed by atoms with E-state index in [4.69, 9.17) is 4.74 Å². The van der Waals surface area contributed by atoms with Gasteiger partial charge in [0, 0.05) is 18.8 Å². The van der Waals surface area contributed by atoms with Crippen LogP contribution in [0.1, 0.15) is 91.9 Å². The van der Waals surface area contributed by atoms with Crippen molar-refractivity contribution in [2.24, 2.45) is 5.92 Å². The number of carbonyl (C=O) groups excluding carboxylic acids is 2. The molecule has 0 amide bonds. The van der Waals surface area contributed by atoms with Gasteiger partial charge >= 0.3 is 5.97 Å². The fraction of sp³-hybridized carbons (Fsp3) is 0.739. The molecule has 4 heteroatoms. The maximum absolute atomic E-state index is 12.1. The number of carbonyl (C=O) groups is 2. The molecule has 0 radical (unpaired) electrons. The number of ether oxygens (including phenoxy) is 1. The van der Waals surface area contributed by atoms with Gasteiger partial charge in [0.25, 0.3) is 0 Å². The third-order valence-corrected chi connectivity index (χ3v) is 4.54. The van der Waals surface area contributed by atoms with E-state index in [0.717, 1.165) is 19.3 Å². The highest BCUT2D eigenvalue weighted by atomic mass is 16.5. The van der Waals surface area contributed by atoms with Crippen molar-refractivity contribution in [3.8, 4) is 0 Å². The number of hydrogen-bond donors (Lipinski definition) is 1. The van der Waals surface area contributed by atoms with E-state index < -0.39 is 0 Å². The fourth-order valence-corrected chi connectivity index (χ4v) is 2.54. The first kappa shape index (κ1) is 25.6. The van der Waals surface area contributed by atoms with Crippen LogP contribution in [0.5, 0.6) is 0 Å². The zero-order valence-corrected chi connectivity index (χ0v) is 17.8. The van der Waals surface area contributed by atoms with Gasteiger partial charge in [-0.25, -0.2) is 0 Å². The Morgan fingerprint density at radius 3 is 2.22 bits per heavy atom. The minimum Gasteiger partial charge on any atom is -0.462 e. The highest BCUT2D eigenvalue weighted by molar-refractivity contribution is 5.81. The second-order valence-corrected chi connectivity index (χ2v) is 7.47. The summed E-state index contributed by atoms with van der Waals surface area (Å²) in [6.45, 7) is 7.91. The van der Waals surface area contributed by atoms with Crippen LogP contribution in [0.15, 0.2) is 24.3 Å². The van der Waals surface area contributed by atoms with E-state index in [1.54, 1.807) is 6.08 Å². The van der Waals surface area contributed by atoms with Gasteiger partial charge in [-0.15, -0.1) is 0 Å². The molecular weight excluding hydrogens is 340 g/mol. The zero-order chi connectivity index (χ0) is 20.5. The third-order valence-electron chi connectivity index (χ3n) is 4.54. The number of ketones is 1. The molecule has 0 heterocycles. The Hall–Kier alpha value is -1.42. The standard InChI is InChI=1S/C23H40O4/c1-5-7-8-9-15-21(16-11-12-17-22(25)19(3)4)27-23(26)18-13-10-14-20(24)6-2/h10-13,19-21,24H,5-9,14-18H2,1-4H3/b12-11+,13-10+. The molecule has 0 aromatic heterocycles. The number of Topliss-reactive ketones (excluding diaryl/α,β-unsaturated/α-hetero) is 1. The number of aliphatic hydroxyl groups excluding tert-OH is 1. The summed E-state index contributed by atoms with van der Waals surface area (Å²) in [6.07, 6.45) is 15.0. The lowest BCUT2D eigenvalue weighted by Gasteiger charge is -2.16. The monoisotopic (exact) mass is 380 g/mol. The average molecular weight is 381 g/mol. The molecule has 27 heavy (non-hydrogen) atoms. The zero-order valence-electron chi connectivity index (χ0n) is 17.8. The molecule has 1 N–H and O–H groups in total. The van der Waals surface area contributed by atoms with Crippen LogP contribution in [0.3, 0.4) is 0 Å². The maximum Gasteiger partial charge on any atom is 0.309 e. The first-order chi connectivity index (χ1) is 12.9. The van der Waals surface area contributed by atoms with Gasteiger partial charge in [0.05, 0.1) is 12.5 Å². The molecule has 0 aliphatic rings.